The highest BCUT2D eigenvalue weighted by Gasteiger charge is 2.08. The van der Waals surface area contributed by atoms with Gasteiger partial charge in [-0.15, -0.1) is 23.7 Å². The molecule has 0 aliphatic carbocycles. The summed E-state index contributed by atoms with van der Waals surface area (Å²) in [6.07, 6.45) is 3.64. The van der Waals surface area contributed by atoms with E-state index in [0.29, 0.717) is 18.0 Å². The average molecular weight is 374 g/mol. The van der Waals surface area contributed by atoms with Gasteiger partial charge in [0.1, 0.15) is 0 Å². The maximum Gasteiger partial charge on any atom is 0.226 e. The van der Waals surface area contributed by atoms with Crippen molar-refractivity contribution in [1.82, 2.24) is 4.98 Å². The van der Waals surface area contributed by atoms with Gasteiger partial charge in [0.05, 0.1) is 0 Å². The van der Waals surface area contributed by atoms with Crippen LogP contribution in [0.15, 0.2) is 24.4 Å². The summed E-state index contributed by atoms with van der Waals surface area (Å²) in [4.78, 5) is 17.1. The van der Waals surface area contributed by atoms with Gasteiger partial charge >= 0.3 is 0 Å². The lowest BCUT2D eigenvalue weighted by atomic mass is 10.1. The van der Waals surface area contributed by atoms with Gasteiger partial charge in [0.2, 0.25) is 5.91 Å². The molecule has 7 heteroatoms. The SMILES string of the molecule is Cc1ccc(Cc2cnc(NC(=O)CCC(C)N)s2)cc1Cl.Cl. The topological polar surface area (TPSA) is 68.0 Å². The Labute approximate surface area is 151 Å². The second-order valence-electron chi connectivity index (χ2n) is 5.46. The third kappa shape index (κ3) is 6.47. The standard InChI is InChI=1S/C16H20ClN3OS.ClH/c1-10-3-5-12(8-14(10)17)7-13-9-19-16(22-13)20-15(21)6-4-11(2)18;/h3,5,8-9,11H,4,6-7,18H2,1-2H3,(H,19,20,21);1H. The molecule has 1 atom stereocenters. The predicted octanol–water partition coefficient (Wildman–Crippen LogP) is 4.18. The average Bonchev–Trinajstić information content (AvgIpc) is 2.88. The fourth-order valence-corrected chi connectivity index (χ4v) is 3.00. The molecule has 126 valence electrons. The highest BCUT2D eigenvalue weighted by molar-refractivity contribution is 7.15. The second kappa shape index (κ2) is 9.23. The zero-order chi connectivity index (χ0) is 16.1. The first kappa shape index (κ1) is 19.9. The van der Waals surface area contributed by atoms with E-state index in [1.54, 1.807) is 6.20 Å². The van der Waals surface area contributed by atoms with Crippen molar-refractivity contribution < 1.29 is 4.79 Å². The van der Waals surface area contributed by atoms with E-state index in [0.717, 1.165) is 27.4 Å². The van der Waals surface area contributed by atoms with E-state index < -0.39 is 0 Å². The van der Waals surface area contributed by atoms with Gasteiger partial charge in [0.25, 0.3) is 0 Å². The Bertz CT molecular complexity index is 659. The molecule has 1 heterocycles. The van der Waals surface area contributed by atoms with Gasteiger partial charge in [-0.05, 0) is 37.5 Å². The van der Waals surface area contributed by atoms with Crippen molar-refractivity contribution in [3.8, 4) is 0 Å². The van der Waals surface area contributed by atoms with Crippen LogP contribution in [0.1, 0.15) is 35.8 Å². The van der Waals surface area contributed by atoms with Gasteiger partial charge in [0, 0.05) is 35.0 Å². The molecule has 0 aliphatic heterocycles. The number of thiazole rings is 1. The fourth-order valence-electron chi connectivity index (χ4n) is 1.94. The molecule has 3 N–H and O–H groups in total. The molecule has 0 radical (unpaired) electrons. The number of amides is 1. The molecule has 23 heavy (non-hydrogen) atoms. The molecular formula is C16H21Cl2N3OS. The number of nitrogens with zero attached hydrogens (tertiary/aromatic N) is 1. The number of halogens is 2. The van der Waals surface area contributed by atoms with Gasteiger partial charge in [-0.25, -0.2) is 4.98 Å². The van der Waals surface area contributed by atoms with Crippen LogP contribution in [0.5, 0.6) is 0 Å². The number of carbonyl (C=O) groups is 1. The number of hydrogen-bond acceptors (Lipinski definition) is 4. The summed E-state index contributed by atoms with van der Waals surface area (Å²) in [5.41, 5.74) is 7.84. The smallest absolute Gasteiger partial charge is 0.226 e. The first-order valence-corrected chi connectivity index (χ1v) is 8.38. The molecular weight excluding hydrogens is 353 g/mol. The molecule has 0 saturated carbocycles. The van der Waals surface area contributed by atoms with Crippen LogP contribution in [0.3, 0.4) is 0 Å². The maximum atomic E-state index is 11.7. The Morgan fingerprint density at radius 3 is 2.87 bits per heavy atom. The van der Waals surface area contributed by atoms with Crippen molar-refractivity contribution in [2.75, 3.05) is 5.32 Å². The lowest BCUT2D eigenvalue weighted by Crippen LogP contribution is -2.19. The largest absolute Gasteiger partial charge is 0.328 e. The van der Waals surface area contributed by atoms with E-state index in [4.69, 9.17) is 17.3 Å². The Kier molecular flexibility index (Phi) is 7.99. The van der Waals surface area contributed by atoms with Crippen LogP contribution < -0.4 is 11.1 Å². The summed E-state index contributed by atoms with van der Waals surface area (Å²) >= 11 is 7.62. The first-order chi connectivity index (χ1) is 10.4. The molecule has 2 rings (SSSR count). The number of benzene rings is 1. The van der Waals surface area contributed by atoms with Gasteiger partial charge in [-0.1, -0.05) is 23.7 Å². The van der Waals surface area contributed by atoms with Crippen LogP contribution in [-0.2, 0) is 11.2 Å². The van der Waals surface area contributed by atoms with E-state index in [1.807, 2.05) is 26.0 Å². The number of rotatable bonds is 6. The van der Waals surface area contributed by atoms with Crippen molar-refractivity contribution >= 4 is 46.4 Å². The van der Waals surface area contributed by atoms with Gasteiger partial charge in [-0.2, -0.15) is 0 Å². The van der Waals surface area contributed by atoms with Crippen LogP contribution >= 0.6 is 35.3 Å². The summed E-state index contributed by atoms with van der Waals surface area (Å²) in [5, 5.41) is 4.21. The third-order valence-electron chi connectivity index (χ3n) is 3.24. The van der Waals surface area contributed by atoms with Crippen molar-refractivity contribution in [1.29, 1.82) is 0 Å². The number of aromatic nitrogens is 1. The van der Waals surface area contributed by atoms with E-state index in [2.05, 4.69) is 16.4 Å². The second-order valence-corrected chi connectivity index (χ2v) is 6.98. The van der Waals surface area contributed by atoms with Crippen molar-refractivity contribution in [2.24, 2.45) is 5.73 Å². The Balaban J connectivity index is 0.00000264. The minimum absolute atomic E-state index is 0. The maximum absolute atomic E-state index is 11.7. The molecule has 0 aliphatic rings. The van der Waals surface area contributed by atoms with Crippen LogP contribution in [0.4, 0.5) is 5.13 Å². The van der Waals surface area contributed by atoms with Crippen molar-refractivity contribution in [3.05, 3.63) is 45.4 Å². The number of carbonyl (C=O) groups excluding carboxylic acids is 1. The van der Waals surface area contributed by atoms with Crippen molar-refractivity contribution in [2.45, 2.75) is 39.2 Å². The highest BCUT2D eigenvalue weighted by atomic mass is 35.5. The first-order valence-electron chi connectivity index (χ1n) is 7.19. The quantitative estimate of drug-likeness (QED) is 0.797. The number of aryl methyl sites for hydroxylation is 1. The molecule has 0 saturated heterocycles. The van der Waals surface area contributed by atoms with E-state index in [-0.39, 0.29) is 24.4 Å². The van der Waals surface area contributed by atoms with Crippen LogP contribution in [0.2, 0.25) is 5.02 Å². The normalized spacial score (nSPS) is 11.7. The summed E-state index contributed by atoms with van der Waals surface area (Å²) in [6, 6.07) is 6.07. The summed E-state index contributed by atoms with van der Waals surface area (Å²) in [6.45, 7) is 3.87. The molecule has 1 aromatic heterocycles. The number of hydrogen-bond donors (Lipinski definition) is 2. The van der Waals surface area contributed by atoms with Crippen molar-refractivity contribution in [3.63, 3.8) is 0 Å². The number of anilines is 1. The van der Waals surface area contributed by atoms with Crippen LogP contribution in [-0.4, -0.2) is 16.9 Å². The molecule has 4 nitrogen and oxygen atoms in total. The molecule has 0 bridgehead atoms. The molecule has 0 spiro atoms. The van der Waals surface area contributed by atoms with Gasteiger partial charge in [-0.3, -0.25) is 4.79 Å². The summed E-state index contributed by atoms with van der Waals surface area (Å²) < 4.78 is 0. The van der Waals surface area contributed by atoms with Crippen LogP contribution in [0, 0.1) is 6.92 Å². The highest BCUT2D eigenvalue weighted by Crippen LogP contribution is 2.24. The van der Waals surface area contributed by atoms with E-state index in [9.17, 15) is 4.79 Å². The zero-order valence-electron chi connectivity index (χ0n) is 13.1. The Hall–Kier alpha value is -1.14. The lowest BCUT2D eigenvalue weighted by Gasteiger charge is -2.04. The van der Waals surface area contributed by atoms with Gasteiger partial charge < -0.3 is 11.1 Å². The number of nitrogens with one attached hydrogen (secondary N) is 1. The molecule has 1 aromatic carbocycles. The lowest BCUT2D eigenvalue weighted by molar-refractivity contribution is -0.116. The molecule has 0 fully saturated rings. The third-order valence-corrected chi connectivity index (χ3v) is 4.56. The van der Waals surface area contributed by atoms with E-state index >= 15 is 0 Å². The summed E-state index contributed by atoms with van der Waals surface area (Å²) in [5.74, 6) is -0.0448. The minimum atomic E-state index is -0.0448. The van der Waals surface area contributed by atoms with Gasteiger partial charge in [0.15, 0.2) is 5.13 Å². The zero-order valence-corrected chi connectivity index (χ0v) is 15.5. The molecule has 1 unspecified atom stereocenters. The minimum Gasteiger partial charge on any atom is -0.328 e. The fraction of sp³-hybridized carbons (Fsp3) is 0.375. The summed E-state index contributed by atoms with van der Waals surface area (Å²) in [7, 11) is 0. The molecule has 2 aromatic rings. The Morgan fingerprint density at radius 1 is 1.48 bits per heavy atom. The van der Waals surface area contributed by atoms with E-state index in [1.165, 1.54) is 11.3 Å². The Morgan fingerprint density at radius 2 is 2.22 bits per heavy atom. The number of nitrogens with two attached hydrogens (primary N) is 1. The predicted molar refractivity (Wildman–Crippen MR) is 99.9 cm³/mol. The van der Waals surface area contributed by atoms with Crippen LogP contribution in [0.25, 0.3) is 0 Å². The molecule has 1 amide bonds. The monoisotopic (exact) mass is 373 g/mol.